The fourth-order valence-electron chi connectivity index (χ4n) is 0.609. The van der Waals surface area contributed by atoms with E-state index in [1.165, 1.54) is 25.5 Å². The second-order valence-corrected chi connectivity index (χ2v) is 2.29. The van der Waals surface area contributed by atoms with E-state index in [-0.39, 0.29) is 0 Å². The van der Waals surface area contributed by atoms with Crippen molar-refractivity contribution in [2.45, 2.75) is 33.1 Å². The predicted molar refractivity (Wildman–Crippen MR) is 37.5 cm³/mol. The quantitative estimate of drug-likeness (QED) is 0.541. The van der Waals surface area contributed by atoms with Crippen LogP contribution in [0.5, 0.6) is 0 Å². The Hall–Kier alpha value is -0.330. The van der Waals surface area contributed by atoms with E-state index < -0.39 is 0 Å². The standard InChI is InChI=1S/C7H15N/c1-3-4-5-7(2)6-8/h6-8H,3-5H2,1-2H3/t7-/m0/s1. The van der Waals surface area contributed by atoms with Crippen LogP contribution >= 0.6 is 0 Å². The molecular weight excluding hydrogens is 98.1 g/mol. The zero-order chi connectivity index (χ0) is 6.41. The molecule has 48 valence electrons. The van der Waals surface area contributed by atoms with E-state index in [2.05, 4.69) is 13.8 Å². The zero-order valence-electron chi connectivity index (χ0n) is 5.78. The van der Waals surface area contributed by atoms with Crippen molar-refractivity contribution in [1.29, 1.82) is 5.41 Å². The summed E-state index contributed by atoms with van der Waals surface area (Å²) in [5.74, 6) is 0.495. The van der Waals surface area contributed by atoms with Crippen LogP contribution in [-0.4, -0.2) is 6.21 Å². The van der Waals surface area contributed by atoms with Crippen molar-refractivity contribution in [3.8, 4) is 0 Å². The summed E-state index contributed by atoms with van der Waals surface area (Å²) in [4.78, 5) is 0. The van der Waals surface area contributed by atoms with Crippen LogP contribution in [0.2, 0.25) is 0 Å². The first-order valence-corrected chi connectivity index (χ1v) is 3.31. The van der Waals surface area contributed by atoms with Crippen molar-refractivity contribution in [2.75, 3.05) is 0 Å². The lowest BCUT2D eigenvalue weighted by atomic mass is 10.1. The predicted octanol–water partition coefficient (Wildman–Crippen LogP) is 2.46. The highest BCUT2D eigenvalue weighted by atomic mass is 14.3. The summed E-state index contributed by atoms with van der Waals surface area (Å²) in [5, 5.41) is 6.86. The molecule has 0 heterocycles. The average Bonchev–Trinajstić information content (AvgIpc) is 1.83. The van der Waals surface area contributed by atoms with Gasteiger partial charge >= 0.3 is 0 Å². The molecule has 0 aromatic carbocycles. The van der Waals surface area contributed by atoms with Gasteiger partial charge in [0, 0.05) is 0 Å². The van der Waals surface area contributed by atoms with Gasteiger partial charge < -0.3 is 5.41 Å². The van der Waals surface area contributed by atoms with Crippen LogP contribution in [0, 0.1) is 11.3 Å². The molecule has 1 heteroatoms. The molecule has 0 aromatic rings. The van der Waals surface area contributed by atoms with Crippen molar-refractivity contribution >= 4 is 6.21 Å². The van der Waals surface area contributed by atoms with Gasteiger partial charge in [0.15, 0.2) is 0 Å². The minimum Gasteiger partial charge on any atom is -0.313 e. The van der Waals surface area contributed by atoms with E-state index in [0.717, 1.165) is 0 Å². The van der Waals surface area contributed by atoms with Gasteiger partial charge in [-0.05, 0) is 18.6 Å². The van der Waals surface area contributed by atoms with Crippen molar-refractivity contribution < 1.29 is 0 Å². The third-order valence-corrected chi connectivity index (χ3v) is 1.30. The SMILES string of the molecule is CCCC[C@H](C)C=N. The van der Waals surface area contributed by atoms with E-state index in [9.17, 15) is 0 Å². The van der Waals surface area contributed by atoms with Gasteiger partial charge in [0.25, 0.3) is 0 Å². The minimum atomic E-state index is 0.495. The summed E-state index contributed by atoms with van der Waals surface area (Å²) >= 11 is 0. The van der Waals surface area contributed by atoms with E-state index in [4.69, 9.17) is 5.41 Å². The fraction of sp³-hybridized carbons (Fsp3) is 0.857. The van der Waals surface area contributed by atoms with Crippen LogP contribution in [0.1, 0.15) is 33.1 Å². The number of hydrogen-bond donors (Lipinski definition) is 1. The molecule has 0 amide bonds. The Bertz CT molecular complexity index is 59.4. The molecule has 8 heavy (non-hydrogen) atoms. The highest BCUT2D eigenvalue weighted by molar-refractivity contribution is 5.55. The molecule has 0 bridgehead atoms. The van der Waals surface area contributed by atoms with Gasteiger partial charge in [-0.2, -0.15) is 0 Å². The molecule has 0 fully saturated rings. The molecule has 1 nitrogen and oxygen atoms in total. The molecule has 1 atom stereocenters. The molecule has 0 unspecified atom stereocenters. The van der Waals surface area contributed by atoms with Crippen LogP contribution in [0.4, 0.5) is 0 Å². The van der Waals surface area contributed by atoms with E-state index >= 15 is 0 Å². The topological polar surface area (TPSA) is 23.9 Å². The van der Waals surface area contributed by atoms with Crippen LogP contribution in [0.15, 0.2) is 0 Å². The largest absolute Gasteiger partial charge is 0.313 e. The number of unbranched alkanes of at least 4 members (excludes halogenated alkanes) is 1. The van der Waals surface area contributed by atoms with Crippen molar-refractivity contribution in [3.63, 3.8) is 0 Å². The monoisotopic (exact) mass is 113 g/mol. The molecule has 0 spiro atoms. The summed E-state index contributed by atoms with van der Waals surface area (Å²) in [6.45, 7) is 4.26. The number of hydrogen-bond acceptors (Lipinski definition) is 1. The summed E-state index contributed by atoms with van der Waals surface area (Å²) in [7, 11) is 0. The van der Waals surface area contributed by atoms with Gasteiger partial charge in [-0.3, -0.25) is 0 Å². The molecule has 0 aliphatic rings. The summed E-state index contributed by atoms with van der Waals surface area (Å²) < 4.78 is 0. The van der Waals surface area contributed by atoms with Crippen molar-refractivity contribution in [1.82, 2.24) is 0 Å². The molecule has 0 aromatic heterocycles. The van der Waals surface area contributed by atoms with Crippen molar-refractivity contribution in [2.24, 2.45) is 5.92 Å². The molecule has 0 radical (unpaired) electrons. The summed E-state index contributed by atoms with van der Waals surface area (Å²) in [6.07, 6.45) is 5.21. The fourth-order valence-corrected chi connectivity index (χ4v) is 0.609. The second kappa shape index (κ2) is 4.82. The Morgan fingerprint density at radius 3 is 2.62 bits per heavy atom. The lowest BCUT2D eigenvalue weighted by molar-refractivity contribution is 0.631. The van der Waals surface area contributed by atoms with Gasteiger partial charge in [-0.15, -0.1) is 0 Å². The first-order valence-electron chi connectivity index (χ1n) is 3.31. The first-order chi connectivity index (χ1) is 3.81. The molecule has 0 aliphatic carbocycles. The van der Waals surface area contributed by atoms with Gasteiger partial charge in [0.1, 0.15) is 0 Å². The molecule has 1 N–H and O–H groups in total. The van der Waals surface area contributed by atoms with E-state index in [1.807, 2.05) is 0 Å². The highest BCUT2D eigenvalue weighted by Gasteiger charge is 1.92. The normalized spacial score (nSPS) is 13.2. The lowest BCUT2D eigenvalue weighted by Crippen LogP contribution is -1.92. The molecule has 0 saturated carbocycles. The van der Waals surface area contributed by atoms with Crippen LogP contribution in [0.3, 0.4) is 0 Å². The first kappa shape index (κ1) is 7.67. The molecular formula is C7H15N. The second-order valence-electron chi connectivity index (χ2n) is 2.29. The average molecular weight is 113 g/mol. The number of nitrogens with one attached hydrogen (secondary N) is 1. The minimum absolute atomic E-state index is 0.495. The van der Waals surface area contributed by atoms with Crippen LogP contribution in [-0.2, 0) is 0 Å². The maximum absolute atomic E-state index is 6.86. The molecule has 0 saturated heterocycles. The van der Waals surface area contributed by atoms with Gasteiger partial charge in [0.2, 0.25) is 0 Å². The van der Waals surface area contributed by atoms with Gasteiger partial charge in [-0.1, -0.05) is 26.7 Å². The zero-order valence-corrected chi connectivity index (χ0v) is 5.78. The summed E-state index contributed by atoms with van der Waals surface area (Å²) in [5.41, 5.74) is 0. The third-order valence-electron chi connectivity index (χ3n) is 1.30. The number of rotatable bonds is 4. The Kier molecular flexibility index (Phi) is 4.62. The van der Waals surface area contributed by atoms with E-state index in [1.54, 1.807) is 0 Å². The summed E-state index contributed by atoms with van der Waals surface area (Å²) in [6, 6.07) is 0. The third kappa shape index (κ3) is 3.85. The highest BCUT2D eigenvalue weighted by Crippen LogP contribution is 2.03. The van der Waals surface area contributed by atoms with Gasteiger partial charge in [0.05, 0.1) is 0 Å². The Morgan fingerprint density at radius 2 is 2.25 bits per heavy atom. The lowest BCUT2D eigenvalue weighted by Gasteiger charge is -1.99. The smallest absolute Gasteiger partial charge is 0.00195 e. The Morgan fingerprint density at radius 1 is 1.62 bits per heavy atom. The maximum Gasteiger partial charge on any atom is -0.00195 e. The van der Waals surface area contributed by atoms with Gasteiger partial charge in [-0.25, -0.2) is 0 Å². The van der Waals surface area contributed by atoms with Crippen LogP contribution in [0.25, 0.3) is 0 Å². The van der Waals surface area contributed by atoms with E-state index in [0.29, 0.717) is 5.92 Å². The molecule has 0 rings (SSSR count). The Labute approximate surface area is 51.6 Å². The van der Waals surface area contributed by atoms with Crippen LogP contribution < -0.4 is 0 Å². The molecule has 0 aliphatic heterocycles. The maximum atomic E-state index is 6.86. The van der Waals surface area contributed by atoms with Crippen molar-refractivity contribution in [3.05, 3.63) is 0 Å². The Balaban J connectivity index is 2.98.